The average Bonchev–Trinajstić information content (AvgIpc) is 3.10. The minimum atomic E-state index is -0.126. The number of benzene rings is 2. The molecular weight excluding hydrogens is 378 g/mol. The van der Waals surface area contributed by atoms with Gasteiger partial charge >= 0.3 is 0 Å². The lowest BCUT2D eigenvalue weighted by molar-refractivity contribution is 0.0938. The zero-order valence-corrected chi connectivity index (χ0v) is 18.6. The number of carbonyl (C=O) groups is 1. The number of aromatic nitrogens is 1. The highest BCUT2D eigenvalue weighted by Gasteiger charge is 2.21. The van der Waals surface area contributed by atoms with Crippen LogP contribution < -0.4 is 5.32 Å². The lowest BCUT2D eigenvalue weighted by atomic mass is 9.98. The summed E-state index contributed by atoms with van der Waals surface area (Å²) in [5, 5.41) is 3.99. The molecule has 0 fully saturated rings. The minimum Gasteiger partial charge on any atom is -0.349 e. The van der Waals surface area contributed by atoms with Crippen molar-refractivity contribution in [1.82, 2.24) is 15.2 Å². The molecule has 0 aliphatic heterocycles. The molecule has 1 aromatic heterocycles. The van der Waals surface area contributed by atoms with Crippen molar-refractivity contribution in [3.05, 3.63) is 76.4 Å². The van der Waals surface area contributed by atoms with E-state index in [9.17, 15) is 4.79 Å². The van der Waals surface area contributed by atoms with Crippen LogP contribution in [0.1, 0.15) is 52.4 Å². The van der Waals surface area contributed by atoms with E-state index in [0.717, 1.165) is 15.4 Å². The summed E-state index contributed by atoms with van der Waals surface area (Å²) in [7, 11) is 4.07. The molecule has 4 nitrogen and oxygen atoms in total. The number of thiazole rings is 1. The molecule has 0 spiro atoms. The number of hydrogen-bond acceptors (Lipinski definition) is 4. The predicted molar refractivity (Wildman–Crippen MR) is 122 cm³/mol. The molecule has 0 aliphatic carbocycles. The number of nitrogens with one attached hydrogen (secondary N) is 1. The van der Waals surface area contributed by atoms with Crippen molar-refractivity contribution in [2.24, 2.45) is 0 Å². The van der Waals surface area contributed by atoms with Gasteiger partial charge < -0.3 is 10.2 Å². The lowest BCUT2D eigenvalue weighted by Crippen LogP contribution is -2.34. The van der Waals surface area contributed by atoms with Crippen molar-refractivity contribution >= 4 is 17.2 Å². The van der Waals surface area contributed by atoms with Gasteiger partial charge in [0.05, 0.1) is 15.9 Å². The average molecular weight is 408 g/mol. The normalized spacial score (nSPS) is 12.4. The maximum Gasteiger partial charge on any atom is 0.271 e. The Bertz CT molecular complexity index is 946. The largest absolute Gasteiger partial charge is 0.349 e. The van der Waals surface area contributed by atoms with Crippen molar-refractivity contribution in [2.45, 2.75) is 32.7 Å². The number of likely N-dealkylation sites (N-methyl/N-ethyl adjacent to an activating group) is 1. The highest BCUT2D eigenvalue weighted by Crippen LogP contribution is 2.30. The van der Waals surface area contributed by atoms with Crippen LogP contribution in [0.2, 0.25) is 0 Å². The number of carbonyl (C=O) groups excluding carboxylic acids is 1. The van der Waals surface area contributed by atoms with Crippen LogP contribution in [-0.4, -0.2) is 36.4 Å². The number of hydrogen-bond donors (Lipinski definition) is 1. The second-order valence-electron chi connectivity index (χ2n) is 7.79. The quantitative estimate of drug-likeness (QED) is 0.580. The summed E-state index contributed by atoms with van der Waals surface area (Å²) in [5.74, 6) is 0.379. The summed E-state index contributed by atoms with van der Waals surface area (Å²) >= 11 is 1.55. The number of rotatable bonds is 7. The van der Waals surface area contributed by atoms with E-state index in [4.69, 9.17) is 0 Å². The summed E-state index contributed by atoms with van der Waals surface area (Å²) in [5.41, 5.74) is 4.04. The molecule has 29 heavy (non-hydrogen) atoms. The molecule has 1 atom stereocenters. The maximum absolute atomic E-state index is 13.0. The minimum absolute atomic E-state index is 0.0973. The number of amides is 1. The molecule has 1 heterocycles. The molecule has 3 rings (SSSR count). The highest BCUT2D eigenvalue weighted by atomic mass is 32.1. The fourth-order valence-electron chi connectivity index (χ4n) is 3.34. The Labute approximate surface area is 177 Å². The van der Waals surface area contributed by atoms with E-state index in [2.05, 4.69) is 53.3 Å². The van der Waals surface area contributed by atoms with E-state index in [1.807, 2.05) is 51.4 Å². The third-order valence-electron chi connectivity index (χ3n) is 5.05. The van der Waals surface area contributed by atoms with Crippen LogP contribution in [0.5, 0.6) is 0 Å². The van der Waals surface area contributed by atoms with Crippen LogP contribution in [0.25, 0.3) is 10.4 Å². The van der Waals surface area contributed by atoms with Gasteiger partial charge in [-0.2, -0.15) is 0 Å². The van der Waals surface area contributed by atoms with E-state index >= 15 is 0 Å². The molecule has 0 aliphatic rings. The molecule has 1 N–H and O–H groups in total. The van der Waals surface area contributed by atoms with Crippen LogP contribution in [0.3, 0.4) is 0 Å². The first-order chi connectivity index (χ1) is 13.9. The van der Waals surface area contributed by atoms with E-state index in [0.29, 0.717) is 18.2 Å². The molecule has 5 heteroatoms. The smallest absolute Gasteiger partial charge is 0.271 e. The van der Waals surface area contributed by atoms with Gasteiger partial charge in [0, 0.05) is 6.54 Å². The van der Waals surface area contributed by atoms with Crippen LogP contribution in [0.4, 0.5) is 0 Å². The zero-order chi connectivity index (χ0) is 21.0. The van der Waals surface area contributed by atoms with Crippen LogP contribution in [0, 0.1) is 6.92 Å². The zero-order valence-electron chi connectivity index (χ0n) is 17.8. The first kappa shape index (κ1) is 21.2. The summed E-state index contributed by atoms with van der Waals surface area (Å²) in [4.78, 5) is 20.5. The van der Waals surface area contributed by atoms with E-state index in [1.165, 1.54) is 11.1 Å². The fraction of sp³-hybridized carbons (Fsp3) is 0.333. The van der Waals surface area contributed by atoms with E-state index in [-0.39, 0.29) is 11.9 Å². The Hall–Kier alpha value is -2.50. The van der Waals surface area contributed by atoms with Crippen LogP contribution >= 0.6 is 11.3 Å². The Kier molecular flexibility index (Phi) is 6.83. The molecule has 0 bridgehead atoms. The summed E-state index contributed by atoms with van der Waals surface area (Å²) in [6, 6.07) is 18.7. The second kappa shape index (κ2) is 9.33. The Morgan fingerprint density at radius 1 is 1.03 bits per heavy atom. The molecule has 0 radical (unpaired) electrons. The SMILES string of the molecule is Cc1nc(C(=O)NCC(c2ccc(C(C)C)cc2)N(C)C)c(-c2ccccc2)s1. The molecular formula is C24H29N3OS. The second-order valence-corrected chi connectivity index (χ2v) is 8.99. The molecule has 0 saturated carbocycles. The van der Waals surface area contributed by atoms with Crippen molar-refractivity contribution in [3.8, 4) is 10.4 Å². The summed E-state index contributed by atoms with van der Waals surface area (Å²) in [6.07, 6.45) is 0. The van der Waals surface area contributed by atoms with Crippen molar-refractivity contribution in [1.29, 1.82) is 0 Å². The van der Waals surface area contributed by atoms with E-state index in [1.54, 1.807) is 11.3 Å². The topological polar surface area (TPSA) is 45.2 Å². The van der Waals surface area contributed by atoms with Gasteiger partial charge in [-0.25, -0.2) is 4.98 Å². The van der Waals surface area contributed by atoms with E-state index < -0.39 is 0 Å². The maximum atomic E-state index is 13.0. The van der Waals surface area contributed by atoms with Gasteiger partial charge in [0.15, 0.2) is 0 Å². The molecule has 0 saturated heterocycles. The van der Waals surface area contributed by atoms with Crippen molar-refractivity contribution in [2.75, 3.05) is 20.6 Å². The van der Waals surface area contributed by atoms with Gasteiger partial charge in [-0.15, -0.1) is 11.3 Å². The lowest BCUT2D eigenvalue weighted by Gasteiger charge is -2.25. The van der Waals surface area contributed by atoms with Gasteiger partial charge in [0.1, 0.15) is 5.69 Å². The molecule has 152 valence electrons. The first-order valence-corrected chi connectivity index (χ1v) is 10.8. The first-order valence-electron chi connectivity index (χ1n) is 9.94. The summed E-state index contributed by atoms with van der Waals surface area (Å²) < 4.78 is 0. The van der Waals surface area contributed by atoms with Crippen LogP contribution in [0.15, 0.2) is 54.6 Å². The van der Waals surface area contributed by atoms with Gasteiger partial charge in [-0.3, -0.25) is 4.79 Å². The molecule has 1 amide bonds. The third-order valence-corrected chi connectivity index (χ3v) is 6.07. The van der Waals surface area contributed by atoms with Gasteiger partial charge in [-0.05, 0) is 43.6 Å². The van der Waals surface area contributed by atoms with Crippen LogP contribution in [-0.2, 0) is 0 Å². The van der Waals surface area contributed by atoms with Gasteiger partial charge in [0.2, 0.25) is 0 Å². The molecule has 3 aromatic rings. The third kappa shape index (κ3) is 5.11. The van der Waals surface area contributed by atoms with Crippen molar-refractivity contribution < 1.29 is 4.79 Å². The standard InChI is InChI=1S/C24H29N3OS/c1-16(2)18-11-13-19(14-12-18)21(27(4)5)15-25-24(28)22-23(29-17(3)26-22)20-9-7-6-8-10-20/h6-14,16,21H,15H2,1-5H3,(H,25,28). The molecule has 2 aromatic carbocycles. The van der Waals surface area contributed by atoms with Gasteiger partial charge in [0.25, 0.3) is 5.91 Å². The highest BCUT2D eigenvalue weighted by molar-refractivity contribution is 7.15. The fourth-order valence-corrected chi connectivity index (χ4v) is 4.26. The van der Waals surface area contributed by atoms with Gasteiger partial charge in [-0.1, -0.05) is 68.4 Å². The van der Waals surface area contributed by atoms with Crippen molar-refractivity contribution in [3.63, 3.8) is 0 Å². The molecule has 1 unspecified atom stereocenters. The predicted octanol–water partition coefficient (Wildman–Crippen LogP) is 5.27. The Balaban J connectivity index is 1.76. The number of nitrogens with zero attached hydrogens (tertiary/aromatic N) is 2. The summed E-state index contributed by atoms with van der Waals surface area (Å²) in [6.45, 7) is 6.85. The monoisotopic (exact) mass is 407 g/mol. The number of aryl methyl sites for hydroxylation is 1. The Morgan fingerprint density at radius 3 is 2.24 bits per heavy atom. The Morgan fingerprint density at radius 2 is 1.66 bits per heavy atom.